The van der Waals surface area contributed by atoms with E-state index in [0.29, 0.717) is 10.6 Å². The van der Waals surface area contributed by atoms with Gasteiger partial charge in [-0.1, -0.05) is 38.0 Å². The highest BCUT2D eigenvalue weighted by molar-refractivity contribution is 7.99. The molecule has 6 nitrogen and oxygen atoms in total. The van der Waals surface area contributed by atoms with E-state index in [1.165, 1.54) is 11.8 Å². The van der Waals surface area contributed by atoms with Crippen LogP contribution in [0, 0.1) is 0 Å². The number of nitrogens with zero attached hydrogens (tertiary/aromatic N) is 2. The van der Waals surface area contributed by atoms with Crippen molar-refractivity contribution in [1.82, 2.24) is 9.78 Å². The van der Waals surface area contributed by atoms with Gasteiger partial charge in [-0.15, -0.1) is 11.8 Å². The molecule has 4 N–H and O–H groups in total. The van der Waals surface area contributed by atoms with E-state index in [1.807, 2.05) is 6.07 Å². The van der Waals surface area contributed by atoms with Gasteiger partial charge in [-0.25, -0.2) is 0 Å². The number of benzene rings is 1. The zero-order valence-electron chi connectivity index (χ0n) is 13.0. The number of rotatable bonds is 7. The molecule has 1 amide bonds. The molecule has 1 heterocycles. The lowest BCUT2D eigenvalue weighted by molar-refractivity contribution is 0.0946. The van der Waals surface area contributed by atoms with E-state index >= 15 is 0 Å². The standard InChI is InChI=1S/C16H20N4O2S/c1-2-3-7-10-23-15-12(14(18)21)13(17)20(19-15)16(22)11-8-5-4-6-9-11/h4-6,8-9H,2-3,7,10,17H2,1H3,(H2,18,21). The van der Waals surface area contributed by atoms with E-state index in [4.69, 9.17) is 11.5 Å². The number of hydrogen-bond donors (Lipinski definition) is 2. The second-order valence-corrected chi connectivity index (χ2v) is 6.15. The fourth-order valence-corrected chi connectivity index (χ4v) is 3.15. The van der Waals surface area contributed by atoms with Crippen molar-refractivity contribution in [2.45, 2.75) is 31.2 Å². The summed E-state index contributed by atoms with van der Waals surface area (Å²) in [5.74, 6) is -0.271. The number of thioether (sulfide) groups is 1. The normalized spacial score (nSPS) is 10.7. The number of unbranched alkanes of at least 4 members (excludes halogenated alkanes) is 2. The van der Waals surface area contributed by atoms with Crippen molar-refractivity contribution in [3.63, 3.8) is 0 Å². The Labute approximate surface area is 139 Å². The fourth-order valence-electron chi connectivity index (χ4n) is 2.12. The van der Waals surface area contributed by atoms with Gasteiger partial charge in [0.2, 0.25) is 0 Å². The predicted octanol–water partition coefficient (Wildman–Crippen LogP) is 2.54. The largest absolute Gasteiger partial charge is 0.383 e. The number of carbonyl (C=O) groups excluding carboxylic acids is 2. The van der Waals surface area contributed by atoms with Crippen molar-refractivity contribution in [2.24, 2.45) is 5.73 Å². The van der Waals surface area contributed by atoms with Gasteiger partial charge in [0.05, 0.1) is 0 Å². The maximum Gasteiger partial charge on any atom is 0.280 e. The molecule has 0 atom stereocenters. The van der Waals surface area contributed by atoms with Crippen LogP contribution in [0.5, 0.6) is 0 Å². The maximum absolute atomic E-state index is 12.5. The third-order valence-electron chi connectivity index (χ3n) is 3.34. The molecule has 0 aliphatic carbocycles. The van der Waals surface area contributed by atoms with Crippen LogP contribution in [0.4, 0.5) is 5.82 Å². The van der Waals surface area contributed by atoms with E-state index < -0.39 is 5.91 Å². The molecule has 0 aliphatic rings. The SMILES string of the molecule is CCCCCSc1nn(C(=O)c2ccccc2)c(N)c1C(N)=O. The summed E-state index contributed by atoms with van der Waals surface area (Å²) >= 11 is 1.40. The second kappa shape index (κ2) is 7.82. The van der Waals surface area contributed by atoms with E-state index in [1.54, 1.807) is 24.3 Å². The molecule has 0 unspecified atom stereocenters. The Morgan fingerprint density at radius 2 is 1.91 bits per heavy atom. The molecule has 2 aromatic rings. The summed E-state index contributed by atoms with van der Waals surface area (Å²) in [5, 5.41) is 4.62. The Morgan fingerprint density at radius 3 is 2.52 bits per heavy atom. The van der Waals surface area contributed by atoms with Crippen LogP contribution < -0.4 is 11.5 Å². The molecule has 122 valence electrons. The minimum Gasteiger partial charge on any atom is -0.383 e. The molecule has 0 fully saturated rings. The molecule has 0 saturated heterocycles. The van der Waals surface area contributed by atoms with Crippen LogP contribution in [0.2, 0.25) is 0 Å². The van der Waals surface area contributed by atoms with Gasteiger partial charge in [0, 0.05) is 5.56 Å². The Kier molecular flexibility index (Phi) is 5.81. The molecule has 1 aromatic heterocycles. The van der Waals surface area contributed by atoms with Crippen LogP contribution in [-0.2, 0) is 0 Å². The summed E-state index contributed by atoms with van der Waals surface area (Å²) in [6.45, 7) is 2.12. The van der Waals surface area contributed by atoms with Gasteiger partial charge in [-0.3, -0.25) is 9.59 Å². The van der Waals surface area contributed by atoms with Gasteiger partial charge in [0.15, 0.2) is 0 Å². The van der Waals surface area contributed by atoms with Gasteiger partial charge in [-0.05, 0) is 24.3 Å². The van der Waals surface area contributed by atoms with Crippen molar-refractivity contribution in [3.05, 3.63) is 41.5 Å². The summed E-state index contributed by atoms with van der Waals surface area (Å²) in [7, 11) is 0. The van der Waals surface area contributed by atoms with E-state index in [9.17, 15) is 9.59 Å². The highest BCUT2D eigenvalue weighted by atomic mass is 32.2. The van der Waals surface area contributed by atoms with E-state index in [-0.39, 0.29) is 17.3 Å². The molecule has 0 spiro atoms. The second-order valence-electron chi connectivity index (χ2n) is 5.07. The molecule has 7 heteroatoms. The predicted molar refractivity (Wildman–Crippen MR) is 91.6 cm³/mol. The molecule has 1 aromatic carbocycles. The third-order valence-corrected chi connectivity index (χ3v) is 4.39. The van der Waals surface area contributed by atoms with Crippen LogP contribution in [0.1, 0.15) is 46.9 Å². The maximum atomic E-state index is 12.5. The van der Waals surface area contributed by atoms with Gasteiger partial charge < -0.3 is 11.5 Å². The number of aromatic nitrogens is 2. The first-order valence-corrected chi connectivity index (χ1v) is 8.45. The Hall–Kier alpha value is -2.28. The van der Waals surface area contributed by atoms with Crippen LogP contribution in [-0.4, -0.2) is 27.3 Å². The smallest absolute Gasteiger partial charge is 0.280 e. The number of carbonyl (C=O) groups is 2. The molecule has 23 heavy (non-hydrogen) atoms. The van der Waals surface area contributed by atoms with Crippen LogP contribution in [0.25, 0.3) is 0 Å². The third kappa shape index (κ3) is 3.92. The average molecular weight is 332 g/mol. The van der Waals surface area contributed by atoms with Crippen LogP contribution in [0.15, 0.2) is 35.4 Å². The fraction of sp³-hybridized carbons (Fsp3) is 0.312. The monoisotopic (exact) mass is 332 g/mol. The molecule has 0 radical (unpaired) electrons. The quantitative estimate of drug-likeness (QED) is 0.599. The summed E-state index contributed by atoms with van der Waals surface area (Å²) in [4.78, 5) is 24.2. The summed E-state index contributed by atoms with van der Waals surface area (Å²) in [5.41, 5.74) is 11.9. The van der Waals surface area contributed by atoms with Crippen LogP contribution >= 0.6 is 11.8 Å². The lowest BCUT2D eigenvalue weighted by atomic mass is 10.2. The van der Waals surface area contributed by atoms with Crippen LogP contribution in [0.3, 0.4) is 0 Å². The van der Waals surface area contributed by atoms with Gasteiger partial charge in [-0.2, -0.15) is 9.78 Å². The number of amides is 1. The summed E-state index contributed by atoms with van der Waals surface area (Å²) in [6, 6.07) is 8.65. The lowest BCUT2D eigenvalue weighted by Gasteiger charge is -2.02. The highest BCUT2D eigenvalue weighted by Gasteiger charge is 2.24. The van der Waals surface area contributed by atoms with Gasteiger partial charge >= 0.3 is 0 Å². The summed E-state index contributed by atoms with van der Waals surface area (Å²) in [6.07, 6.45) is 3.20. The van der Waals surface area contributed by atoms with Crippen molar-refractivity contribution >= 4 is 29.4 Å². The van der Waals surface area contributed by atoms with Crippen molar-refractivity contribution < 1.29 is 9.59 Å². The molecule has 0 aliphatic heterocycles. The number of anilines is 1. The number of hydrogen-bond acceptors (Lipinski definition) is 5. The Bertz CT molecular complexity index is 698. The van der Waals surface area contributed by atoms with E-state index in [0.717, 1.165) is 29.7 Å². The zero-order chi connectivity index (χ0) is 16.8. The molecule has 0 bridgehead atoms. The number of primary amides is 1. The van der Waals surface area contributed by atoms with Gasteiger partial charge in [0.1, 0.15) is 16.4 Å². The first kappa shape index (κ1) is 17.1. The molecular formula is C16H20N4O2S. The number of nitrogen functional groups attached to an aromatic ring is 1. The first-order chi connectivity index (χ1) is 11.1. The minimum atomic E-state index is -0.674. The topological polar surface area (TPSA) is 104 Å². The van der Waals surface area contributed by atoms with Crippen molar-refractivity contribution in [3.8, 4) is 0 Å². The van der Waals surface area contributed by atoms with E-state index in [2.05, 4.69) is 12.0 Å². The van der Waals surface area contributed by atoms with Crippen molar-refractivity contribution in [1.29, 1.82) is 0 Å². The van der Waals surface area contributed by atoms with Gasteiger partial charge in [0.25, 0.3) is 11.8 Å². The summed E-state index contributed by atoms with van der Waals surface area (Å²) < 4.78 is 1.05. The average Bonchev–Trinajstić information content (AvgIpc) is 2.88. The minimum absolute atomic E-state index is 0.00987. The Balaban J connectivity index is 2.30. The lowest BCUT2D eigenvalue weighted by Crippen LogP contribution is -2.18. The zero-order valence-corrected chi connectivity index (χ0v) is 13.8. The highest BCUT2D eigenvalue weighted by Crippen LogP contribution is 2.27. The Morgan fingerprint density at radius 1 is 1.22 bits per heavy atom. The van der Waals surface area contributed by atoms with Crippen molar-refractivity contribution in [2.75, 3.05) is 11.5 Å². The molecule has 0 saturated carbocycles. The first-order valence-electron chi connectivity index (χ1n) is 7.47. The molecular weight excluding hydrogens is 312 g/mol. The number of nitrogens with two attached hydrogens (primary N) is 2. The molecule has 2 rings (SSSR count).